The monoisotopic (exact) mass is 1340 g/mol. The Morgan fingerprint density at radius 3 is 1.88 bits per heavy atom. The summed E-state index contributed by atoms with van der Waals surface area (Å²) in [6, 6.07) is 3.73. The zero-order valence-corrected chi connectivity index (χ0v) is 56.4. The third-order valence-electron chi connectivity index (χ3n) is 20.2. The van der Waals surface area contributed by atoms with Gasteiger partial charge >= 0.3 is 7.82 Å². The van der Waals surface area contributed by atoms with Gasteiger partial charge in [-0.25, -0.2) is 9.55 Å². The number of primary amides is 6. The van der Waals surface area contributed by atoms with Gasteiger partial charge in [-0.15, -0.1) is 0 Å². The molecule has 1 radical (unpaired) electrons. The first-order valence-electron chi connectivity index (χ1n) is 30.4. The second-order valence-corrected chi connectivity index (χ2v) is 28.2. The molecule has 8 rings (SSSR count). The molecule has 1 aromatic heterocycles. The number of nitrogens with zero attached hydrogens (tertiary/aromatic N) is 6. The molecule has 0 aliphatic carbocycles. The molecule has 0 spiro atoms. The number of carbonyl (C=O) groups is 7. The van der Waals surface area contributed by atoms with Gasteiger partial charge in [0.1, 0.15) is 23.9 Å². The predicted molar refractivity (Wildman–Crippen MR) is 341 cm³/mol. The second kappa shape index (κ2) is 27.8. The summed E-state index contributed by atoms with van der Waals surface area (Å²) in [5.74, 6) is -7.52. The minimum Gasteiger partial charge on any atom is -0.394 e. The number of ether oxygens (including phenoxy) is 1. The van der Waals surface area contributed by atoms with Gasteiger partial charge in [-0.1, -0.05) is 34.6 Å². The van der Waals surface area contributed by atoms with Crippen molar-refractivity contribution in [2.45, 2.75) is 183 Å². The van der Waals surface area contributed by atoms with E-state index in [-0.39, 0.29) is 101 Å². The standard InChI is InChI=1S/C62H88N13O14P.CH3.Co/c1-29-20-39-40(21-30(29)2)75(28-70-39)57-52(84)53(41(27-76)87-57)89-90(85,86)88-31(3)26-69-49(83)18-19-59(8)37(22-46(66)80)56-62(11)61(10,25-48(68)82)36(14-17-45(65)79)51(74-62)33(5)55-60(9,24-47(67)81)34(12-15-43(63)77)38(71-55)23-42-58(6,7)35(13-16-44(64)78)50(72-42)32(4)54(59)73-56;;/h20-21,23,28,31,34-37,41,52-53,57,76,84H,12-19,22,24-27H2,1-11H3,(H2,63,77)(H2,64,78)(H2,65,79)(H2,66,80)(H2,67,81)(H2,68,82)(H,69,83)(H,85,86);1H3;/q;-1;/b42-23-,54-32-,55-33-;;/t31-,34-,35-,36-,37+,41-,52-,53-,57+,59-,60+,61+,62+;;/m1../s1. The molecular formula is C63H91CoN13O14P-. The Bertz CT molecular complexity index is 3610. The SMILES string of the molecule is C/C1=C2/N=C([C@H](CC(N)=O)[C@@]2(C)CCC(=O)NC[C@@H](C)OP(=O)(O)O[C@H]2[C@@H](O)[C@@H](n3cnc4cc(C)c(C)cc43)O[C@@H]2CO)[C@]2(C)N=C(/C(C)=C3N=C(/C=C4N=C1[C@@H](CCC(N)=O)C\4(C)C)[C@@H](CCC(N)=O)[C@]\3(C)CC(N)=O)[C@@H](CCC(N)=O)[C@]2(C)CC(N)=O.[CH3-].[Co]. The Morgan fingerprint density at radius 2 is 1.30 bits per heavy atom. The maximum Gasteiger partial charge on any atom is 0.472 e. The van der Waals surface area contributed by atoms with Gasteiger partial charge in [-0.2, -0.15) is 0 Å². The number of nitrogens with one attached hydrogen (secondary N) is 1. The number of imidazole rings is 1. The number of aliphatic imine (C=N–C) groups is 4. The van der Waals surface area contributed by atoms with E-state index in [1.807, 2.05) is 66.7 Å². The van der Waals surface area contributed by atoms with Gasteiger partial charge in [0.15, 0.2) is 6.23 Å². The molecule has 1 fully saturated rings. The van der Waals surface area contributed by atoms with Crippen molar-refractivity contribution in [2.24, 2.45) is 99.7 Å². The molecule has 6 aliphatic heterocycles. The van der Waals surface area contributed by atoms with Gasteiger partial charge in [-0.3, -0.25) is 62.6 Å². The quantitative estimate of drug-likeness (QED) is 0.0468. The number of hydrogen-bond donors (Lipinski definition) is 10. The number of phosphoric ester groups is 1. The number of allylic oxidation sites excluding steroid dienone is 6. The number of amides is 7. The molecule has 92 heavy (non-hydrogen) atoms. The third-order valence-corrected chi connectivity index (χ3v) is 21.3. The molecule has 0 saturated carbocycles. The maximum atomic E-state index is 14.4. The summed E-state index contributed by atoms with van der Waals surface area (Å²) >= 11 is 0. The Morgan fingerprint density at radius 1 is 0.739 bits per heavy atom. The minimum absolute atomic E-state index is 0. The van der Waals surface area contributed by atoms with Crippen molar-refractivity contribution in [1.29, 1.82) is 0 Å². The Labute approximate surface area is 546 Å². The summed E-state index contributed by atoms with van der Waals surface area (Å²) < 4.78 is 32.2. The van der Waals surface area contributed by atoms with E-state index in [1.165, 1.54) is 13.3 Å². The number of aromatic nitrogens is 2. The van der Waals surface area contributed by atoms with Crippen LogP contribution in [0.4, 0.5) is 0 Å². The van der Waals surface area contributed by atoms with Gasteiger partial charge in [0.05, 0.1) is 47.2 Å². The molecule has 6 aliphatic rings. The van der Waals surface area contributed by atoms with E-state index in [1.54, 1.807) is 25.3 Å². The molecule has 29 heteroatoms. The molecule has 2 aromatic rings. The first kappa shape index (κ1) is 74.4. The van der Waals surface area contributed by atoms with Gasteiger partial charge < -0.3 is 71.6 Å². The number of carbonyl (C=O) groups excluding carboxylic acids is 7. The van der Waals surface area contributed by atoms with E-state index >= 15 is 0 Å². The van der Waals surface area contributed by atoms with E-state index in [2.05, 4.69) is 10.3 Å². The second-order valence-electron chi connectivity index (χ2n) is 26.8. The largest absolute Gasteiger partial charge is 0.472 e. The summed E-state index contributed by atoms with van der Waals surface area (Å²) in [4.78, 5) is 131. The van der Waals surface area contributed by atoms with Crippen molar-refractivity contribution < 1.29 is 83.8 Å². The predicted octanol–water partition coefficient (Wildman–Crippen LogP) is 4.09. The van der Waals surface area contributed by atoms with Crippen molar-refractivity contribution >= 4 is 83.1 Å². The summed E-state index contributed by atoms with van der Waals surface area (Å²) in [7, 11) is -5.07. The third kappa shape index (κ3) is 14.1. The smallest absolute Gasteiger partial charge is 0.394 e. The van der Waals surface area contributed by atoms with Crippen LogP contribution in [0.15, 0.2) is 72.7 Å². The number of hydrogen-bond acceptors (Lipinski definition) is 18. The fraction of sp³-hybridized carbons (Fsp3) is 0.603. The van der Waals surface area contributed by atoms with Crippen molar-refractivity contribution in [3.8, 4) is 0 Å². The van der Waals surface area contributed by atoms with Crippen LogP contribution in [0.5, 0.6) is 0 Å². The maximum absolute atomic E-state index is 14.4. The van der Waals surface area contributed by atoms with E-state index in [4.69, 9.17) is 68.2 Å². The average molecular weight is 1340 g/mol. The first-order chi connectivity index (χ1) is 41.8. The van der Waals surface area contributed by atoms with E-state index in [9.17, 15) is 53.2 Å². The molecule has 16 N–H and O–H groups in total. The van der Waals surface area contributed by atoms with Crippen LogP contribution in [0.1, 0.15) is 150 Å². The zero-order chi connectivity index (χ0) is 66.7. The number of benzene rings is 1. The number of aryl methyl sites for hydroxylation is 2. The number of aliphatic hydroxyl groups is 2. The molecule has 14 atom stereocenters. The van der Waals surface area contributed by atoms with Crippen LogP contribution in [0.2, 0.25) is 0 Å². The minimum atomic E-state index is -5.07. The number of nitrogens with two attached hydrogens (primary N) is 6. The summed E-state index contributed by atoms with van der Waals surface area (Å²) in [6.45, 7) is 19.0. The van der Waals surface area contributed by atoms with Crippen LogP contribution in [-0.2, 0) is 68.7 Å². The van der Waals surface area contributed by atoms with Crippen LogP contribution in [0.3, 0.4) is 0 Å². The van der Waals surface area contributed by atoms with Gasteiger partial charge in [-0.05, 0) is 108 Å². The van der Waals surface area contributed by atoms with Gasteiger partial charge in [0, 0.05) is 136 Å². The molecule has 7 amide bonds. The van der Waals surface area contributed by atoms with Crippen LogP contribution in [0, 0.1) is 66.6 Å². The average Bonchev–Trinajstić information content (AvgIpc) is 1.53. The normalized spacial score (nSPS) is 32.7. The van der Waals surface area contributed by atoms with Gasteiger partial charge in [0.25, 0.3) is 0 Å². The molecule has 7 heterocycles. The zero-order valence-electron chi connectivity index (χ0n) is 54.5. The molecular weight excluding hydrogens is 1250 g/mol. The number of phosphoric acid groups is 1. The van der Waals surface area contributed by atoms with Crippen molar-refractivity contribution in [2.75, 3.05) is 13.2 Å². The van der Waals surface area contributed by atoms with Crippen LogP contribution in [-0.4, -0.2) is 132 Å². The number of aliphatic hydroxyl groups excluding tert-OH is 2. The fourth-order valence-electron chi connectivity index (χ4n) is 15.0. The molecule has 27 nitrogen and oxygen atoms in total. The molecule has 1 saturated heterocycles. The molecule has 507 valence electrons. The molecule has 8 bridgehead atoms. The summed E-state index contributed by atoms with van der Waals surface area (Å²) in [5, 5.41) is 24.6. The van der Waals surface area contributed by atoms with E-state index in [0.29, 0.717) is 62.1 Å². The van der Waals surface area contributed by atoms with Crippen molar-refractivity contribution in [3.05, 3.63) is 71.3 Å². The van der Waals surface area contributed by atoms with Crippen LogP contribution < -0.4 is 39.7 Å². The van der Waals surface area contributed by atoms with E-state index < -0.39 is 137 Å². The molecule has 1 unspecified atom stereocenters. The van der Waals surface area contributed by atoms with Crippen molar-refractivity contribution in [3.63, 3.8) is 0 Å². The topological polar surface area (TPSA) is 460 Å². The van der Waals surface area contributed by atoms with Crippen LogP contribution in [0.25, 0.3) is 11.0 Å². The Balaban J connectivity index is 0.00000672. The van der Waals surface area contributed by atoms with Gasteiger partial charge in [0.2, 0.25) is 41.4 Å². The van der Waals surface area contributed by atoms with Crippen molar-refractivity contribution in [1.82, 2.24) is 14.9 Å². The fourth-order valence-corrected chi connectivity index (χ4v) is 16.2. The Kier molecular flexibility index (Phi) is 22.4. The van der Waals surface area contributed by atoms with E-state index in [0.717, 1.165) is 11.1 Å². The number of fused-ring (bicyclic) bond motifs is 6. The summed E-state index contributed by atoms with van der Waals surface area (Å²) in [5.41, 5.74) is 36.8. The summed E-state index contributed by atoms with van der Waals surface area (Å²) in [6.07, 6.45) is -4.63. The van der Waals surface area contributed by atoms with Crippen LogP contribution >= 0.6 is 7.82 Å². The molecule has 1 aromatic carbocycles. The number of rotatable bonds is 26. The Hall–Kier alpha value is -6.62. The first-order valence-corrected chi connectivity index (χ1v) is 31.9.